The van der Waals surface area contributed by atoms with Crippen molar-refractivity contribution in [3.63, 3.8) is 0 Å². The van der Waals surface area contributed by atoms with E-state index in [1.165, 1.54) is 12.1 Å². The Morgan fingerprint density at radius 2 is 1.65 bits per heavy atom. The summed E-state index contributed by atoms with van der Waals surface area (Å²) in [6.07, 6.45) is -2.98. The lowest BCUT2D eigenvalue weighted by atomic mass is 10.0. The minimum absolute atomic E-state index is 0.0667. The number of benzene rings is 3. The number of halogens is 4. The summed E-state index contributed by atoms with van der Waals surface area (Å²) in [6, 6.07) is 19.7. The van der Waals surface area contributed by atoms with E-state index in [1.54, 1.807) is 25.1 Å². The topological polar surface area (TPSA) is 18.5 Å². The molecular formula is C25H22F4O2. The Morgan fingerprint density at radius 1 is 0.903 bits per heavy atom. The van der Waals surface area contributed by atoms with Crippen LogP contribution in [0.2, 0.25) is 0 Å². The number of aryl methyl sites for hydroxylation is 1. The van der Waals surface area contributed by atoms with Gasteiger partial charge in [-0.15, -0.1) is 0 Å². The van der Waals surface area contributed by atoms with Crippen molar-refractivity contribution in [1.82, 2.24) is 0 Å². The van der Waals surface area contributed by atoms with E-state index in [0.29, 0.717) is 17.9 Å². The van der Waals surface area contributed by atoms with Gasteiger partial charge in [-0.3, -0.25) is 0 Å². The third kappa shape index (κ3) is 6.35. The number of hydrogen-bond donors (Lipinski definition) is 0. The second kappa shape index (κ2) is 10.2. The fourth-order valence-electron chi connectivity index (χ4n) is 3.11. The Morgan fingerprint density at radius 3 is 2.32 bits per heavy atom. The molecule has 3 aromatic carbocycles. The van der Waals surface area contributed by atoms with Crippen molar-refractivity contribution < 1.29 is 27.0 Å². The van der Waals surface area contributed by atoms with Gasteiger partial charge >= 0.3 is 6.18 Å². The first kappa shape index (κ1) is 22.4. The molecule has 0 saturated heterocycles. The molecule has 0 bridgehead atoms. The minimum Gasteiger partial charge on any atom is -0.491 e. The first-order chi connectivity index (χ1) is 14.9. The largest absolute Gasteiger partial charge is 0.491 e. The maximum Gasteiger partial charge on any atom is 0.416 e. The van der Waals surface area contributed by atoms with E-state index in [9.17, 15) is 17.6 Å². The van der Waals surface area contributed by atoms with Crippen molar-refractivity contribution >= 4 is 5.57 Å². The van der Waals surface area contributed by atoms with Crippen molar-refractivity contribution in [2.75, 3.05) is 6.61 Å². The Kier molecular flexibility index (Phi) is 7.34. The van der Waals surface area contributed by atoms with Crippen LogP contribution >= 0.6 is 0 Å². The van der Waals surface area contributed by atoms with Crippen molar-refractivity contribution in [2.45, 2.75) is 25.9 Å². The summed E-state index contributed by atoms with van der Waals surface area (Å²) >= 11 is 0. The lowest BCUT2D eigenvalue weighted by Gasteiger charge is -2.14. The van der Waals surface area contributed by atoms with Crippen LogP contribution in [0.25, 0.3) is 5.57 Å². The van der Waals surface area contributed by atoms with Crippen LogP contribution < -0.4 is 9.47 Å². The molecule has 0 atom stereocenters. The lowest BCUT2D eigenvalue weighted by Crippen LogP contribution is -2.11. The van der Waals surface area contributed by atoms with Gasteiger partial charge in [-0.05, 0) is 67.3 Å². The summed E-state index contributed by atoms with van der Waals surface area (Å²) in [4.78, 5) is 0. The Hall–Kier alpha value is -3.28. The SMILES string of the molecule is CCOc1ccc(C(=CCCc2cccc(Oc3ccccc3)c2)C(F)(F)F)cc1F. The van der Waals surface area contributed by atoms with Crippen LogP contribution in [0, 0.1) is 5.82 Å². The van der Waals surface area contributed by atoms with Gasteiger partial charge in [0.05, 0.1) is 12.2 Å². The van der Waals surface area contributed by atoms with Gasteiger partial charge in [-0.1, -0.05) is 42.5 Å². The molecule has 0 aliphatic carbocycles. The molecule has 0 fully saturated rings. The van der Waals surface area contributed by atoms with E-state index in [-0.39, 0.29) is 24.3 Å². The van der Waals surface area contributed by atoms with E-state index in [1.807, 2.05) is 36.4 Å². The Balaban J connectivity index is 1.74. The summed E-state index contributed by atoms with van der Waals surface area (Å²) in [7, 11) is 0. The molecular weight excluding hydrogens is 408 g/mol. The quantitative estimate of drug-likeness (QED) is 0.343. The molecule has 162 valence electrons. The van der Waals surface area contributed by atoms with E-state index >= 15 is 0 Å². The molecule has 0 heterocycles. The lowest BCUT2D eigenvalue weighted by molar-refractivity contribution is -0.0690. The average molecular weight is 430 g/mol. The molecule has 0 saturated carbocycles. The molecule has 31 heavy (non-hydrogen) atoms. The summed E-state index contributed by atoms with van der Waals surface area (Å²) in [5, 5.41) is 0. The molecule has 6 heteroatoms. The van der Waals surface area contributed by atoms with Gasteiger partial charge < -0.3 is 9.47 Å². The third-order valence-electron chi connectivity index (χ3n) is 4.51. The van der Waals surface area contributed by atoms with Crippen molar-refractivity contribution in [3.8, 4) is 17.2 Å². The summed E-state index contributed by atoms with van der Waals surface area (Å²) < 4.78 is 65.6. The Labute approximate surface area is 178 Å². The average Bonchev–Trinajstić information content (AvgIpc) is 2.73. The normalized spacial score (nSPS) is 12.0. The fraction of sp³-hybridized carbons (Fsp3) is 0.200. The number of hydrogen-bond acceptors (Lipinski definition) is 2. The smallest absolute Gasteiger partial charge is 0.416 e. The zero-order valence-corrected chi connectivity index (χ0v) is 17.0. The summed E-state index contributed by atoms with van der Waals surface area (Å²) in [6.45, 7) is 1.90. The van der Waals surface area contributed by atoms with Crippen LogP contribution in [0.4, 0.5) is 17.6 Å². The predicted molar refractivity (Wildman–Crippen MR) is 113 cm³/mol. The highest BCUT2D eigenvalue weighted by Crippen LogP contribution is 2.36. The van der Waals surface area contributed by atoms with E-state index in [2.05, 4.69) is 0 Å². The second-order valence-corrected chi connectivity index (χ2v) is 6.79. The van der Waals surface area contributed by atoms with Crippen LogP contribution in [0.3, 0.4) is 0 Å². The molecule has 0 aliphatic rings. The standard InChI is InChI=1S/C25H22F4O2/c1-2-30-24-15-14-19(17-23(24)26)22(25(27,28)29)13-7-9-18-8-6-12-21(16-18)31-20-10-4-3-5-11-20/h3-6,8,10-17H,2,7,9H2,1H3. The molecule has 0 N–H and O–H groups in total. The number of alkyl halides is 3. The van der Waals surface area contributed by atoms with Gasteiger partial charge in [0.25, 0.3) is 0 Å². The highest BCUT2D eigenvalue weighted by atomic mass is 19.4. The molecule has 0 unspecified atom stereocenters. The maximum atomic E-state index is 14.1. The molecule has 3 rings (SSSR count). The van der Waals surface area contributed by atoms with Crippen LogP contribution in [-0.2, 0) is 6.42 Å². The zero-order valence-electron chi connectivity index (χ0n) is 17.0. The third-order valence-corrected chi connectivity index (χ3v) is 4.51. The Bertz CT molecular complexity index is 1030. The number of allylic oxidation sites excluding steroid dienone is 2. The second-order valence-electron chi connectivity index (χ2n) is 6.79. The number of ether oxygens (including phenoxy) is 2. The van der Waals surface area contributed by atoms with Gasteiger partial charge in [0.2, 0.25) is 0 Å². The number of para-hydroxylation sites is 1. The fourth-order valence-corrected chi connectivity index (χ4v) is 3.11. The van der Waals surface area contributed by atoms with Crippen molar-refractivity contribution in [1.29, 1.82) is 0 Å². The highest BCUT2D eigenvalue weighted by molar-refractivity contribution is 5.70. The van der Waals surface area contributed by atoms with E-state index in [4.69, 9.17) is 9.47 Å². The summed E-state index contributed by atoms with van der Waals surface area (Å²) in [5.41, 5.74) is -0.259. The van der Waals surface area contributed by atoms with Crippen LogP contribution in [0.15, 0.2) is 78.9 Å². The van der Waals surface area contributed by atoms with Gasteiger partial charge in [0.1, 0.15) is 11.5 Å². The molecule has 3 aromatic rings. The van der Waals surface area contributed by atoms with Crippen molar-refractivity contribution in [3.05, 3.63) is 95.8 Å². The predicted octanol–water partition coefficient (Wildman–Crippen LogP) is 7.60. The zero-order chi connectivity index (χ0) is 22.3. The molecule has 0 amide bonds. The van der Waals surface area contributed by atoms with Crippen LogP contribution in [0.1, 0.15) is 24.5 Å². The van der Waals surface area contributed by atoms with Gasteiger partial charge in [0, 0.05) is 0 Å². The van der Waals surface area contributed by atoms with Crippen molar-refractivity contribution in [2.24, 2.45) is 0 Å². The van der Waals surface area contributed by atoms with Gasteiger partial charge in [-0.25, -0.2) is 4.39 Å². The van der Waals surface area contributed by atoms with E-state index < -0.39 is 17.6 Å². The summed E-state index contributed by atoms with van der Waals surface area (Å²) in [5.74, 6) is 0.400. The van der Waals surface area contributed by atoms with E-state index in [0.717, 1.165) is 17.7 Å². The molecule has 0 spiro atoms. The number of rotatable bonds is 8. The minimum atomic E-state index is -4.60. The molecule has 0 aliphatic heterocycles. The molecule has 2 nitrogen and oxygen atoms in total. The van der Waals surface area contributed by atoms with Crippen LogP contribution in [-0.4, -0.2) is 12.8 Å². The first-order valence-corrected chi connectivity index (χ1v) is 9.88. The molecule has 0 aromatic heterocycles. The first-order valence-electron chi connectivity index (χ1n) is 9.88. The van der Waals surface area contributed by atoms with Gasteiger partial charge in [0.15, 0.2) is 11.6 Å². The van der Waals surface area contributed by atoms with Crippen LogP contribution in [0.5, 0.6) is 17.2 Å². The van der Waals surface area contributed by atoms with Gasteiger partial charge in [-0.2, -0.15) is 13.2 Å². The highest BCUT2D eigenvalue weighted by Gasteiger charge is 2.34. The maximum absolute atomic E-state index is 14.1. The molecule has 0 radical (unpaired) electrons. The monoisotopic (exact) mass is 430 g/mol.